The van der Waals surface area contributed by atoms with Gasteiger partial charge in [-0.15, -0.1) is 0 Å². The summed E-state index contributed by atoms with van der Waals surface area (Å²) in [5, 5.41) is 0. The molecule has 0 N–H and O–H groups in total. The first-order valence-electron chi connectivity index (χ1n) is 10.9. The Hall–Kier alpha value is -3.35. The van der Waals surface area contributed by atoms with Crippen LogP contribution >= 0.6 is 0 Å². The Morgan fingerprint density at radius 3 is 1.61 bits per heavy atom. The summed E-state index contributed by atoms with van der Waals surface area (Å²) in [4.78, 5) is 19.9. The molecule has 0 radical (unpaired) electrons. The van der Waals surface area contributed by atoms with Gasteiger partial charge in [0.05, 0.1) is 6.61 Å². The van der Waals surface area contributed by atoms with Crippen LogP contribution in [0, 0.1) is 13.8 Å². The summed E-state index contributed by atoms with van der Waals surface area (Å²) < 4.78 is 15.4. The summed E-state index contributed by atoms with van der Waals surface area (Å²) in [5.74, 6) is 1.41. The predicted molar refractivity (Wildman–Crippen MR) is 125 cm³/mol. The van der Waals surface area contributed by atoms with E-state index in [0.717, 1.165) is 18.6 Å². The first-order chi connectivity index (χ1) is 16.1. The van der Waals surface area contributed by atoms with Crippen molar-refractivity contribution in [3.63, 3.8) is 0 Å². The van der Waals surface area contributed by atoms with Gasteiger partial charge in [0.1, 0.15) is 11.5 Å². The molecule has 6 heteroatoms. The van der Waals surface area contributed by atoms with Gasteiger partial charge >= 0.3 is 0 Å². The van der Waals surface area contributed by atoms with Crippen LogP contribution in [0.4, 0.5) is 0 Å². The van der Waals surface area contributed by atoms with Gasteiger partial charge in [-0.05, 0) is 91.3 Å². The largest absolute Gasteiger partial charge is 0.465 e. The van der Waals surface area contributed by atoms with Gasteiger partial charge < -0.3 is 14.2 Å². The highest BCUT2D eigenvalue weighted by molar-refractivity contribution is 5.44. The lowest BCUT2D eigenvalue weighted by molar-refractivity contribution is -0.320. The molecule has 3 aromatic carbocycles. The number of ether oxygens (including phenoxy) is 3. The van der Waals surface area contributed by atoms with Crippen LogP contribution in [0.5, 0.6) is 11.5 Å². The fourth-order valence-electron chi connectivity index (χ4n) is 3.50. The molecule has 0 amide bonds. The predicted octanol–water partition coefficient (Wildman–Crippen LogP) is 5.30. The van der Waals surface area contributed by atoms with Gasteiger partial charge in [-0.3, -0.25) is 4.79 Å². The van der Waals surface area contributed by atoms with E-state index in [1.165, 1.54) is 33.4 Å². The molecular weight excluding hydrogens is 420 g/mol. The van der Waals surface area contributed by atoms with Gasteiger partial charge in [-0.25, -0.2) is 4.89 Å². The Bertz CT molecular complexity index is 1010. The molecule has 0 aliphatic rings. The van der Waals surface area contributed by atoms with Gasteiger partial charge in [0.25, 0.3) is 6.47 Å². The van der Waals surface area contributed by atoms with E-state index in [9.17, 15) is 4.79 Å². The van der Waals surface area contributed by atoms with E-state index in [0.29, 0.717) is 18.8 Å². The zero-order valence-electron chi connectivity index (χ0n) is 19.3. The Kier molecular flexibility index (Phi) is 9.30. The lowest BCUT2D eigenvalue weighted by atomic mass is 9.91. The molecule has 174 valence electrons. The van der Waals surface area contributed by atoms with Crippen LogP contribution in [0.3, 0.4) is 0 Å². The number of hydrogen-bond donors (Lipinski definition) is 0. The van der Waals surface area contributed by atoms with Crippen molar-refractivity contribution in [3.05, 3.63) is 94.0 Å². The van der Waals surface area contributed by atoms with Crippen LogP contribution < -0.4 is 9.47 Å². The van der Waals surface area contributed by atoms with Crippen molar-refractivity contribution < 1.29 is 28.8 Å². The Labute approximate surface area is 194 Å². The second-order valence-electron chi connectivity index (χ2n) is 7.59. The number of rotatable bonds is 13. The first-order valence-corrected chi connectivity index (χ1v) is 10.9. The molecule has 0 saturated heterocycles. The van der Waals surface area contributed by atoms with Crippen molar-refractivity contribution in [2.24, 2.45) is 0 Å². The van der Waals surface area contributed by atoms with Crippen molar-refractivity contribution in [1.29, 1.82) is 0 Å². The number of benzene rings is 3. The average molecular weight is 451 g/mol. The highest BCUT2D eigenvalue weighted by Gasteiger charge is 2.09. The second kappa shape index (κ2) is 12.6. The quantitative estimate of drug-likeness (QED) is 0.116. The summed E-state index contributed by atoms with van der Waals surface area (Å²) in [6.45, 7) is 7.05. The van der Waals surface area contributed by atoms with Gasteiger partial charge in [-0.2, -0.15) is 4.89 Å². The fraction of sp³-hybridized carbons (Fsp3) is 0.296. The van der Waals surface area contributed by atoms with Crippen LogP contribution in [0.25, 0.3) is 0 Å². The SMILES string of the molecule is CCOOCOc1ccc(Cc2ccc(Cc3ccc(OCOC=O)cc3)c(C)c2C)cc1. The summed E-state index contributed by atoms with van der Waals surface area (Å²) >= 11 is 0. The van der Waals surface area contributed by atoms with E-state index in [4.69, 9.17) is 19.2 Å². The second-order valence-corrected chi connectivity index (χ2v) is 7.59. The molecule has 0 saturated carbocycles. The molecule has 0 spiro atoms. The lowest BCUT2D eigenvalue weighted by Gasteiger charge is -2.14. The fourth-order valence-corrected chi connectivity index (χ4v) is 3.50. The Balaban J connectivity index is 1.60. The van der Waals surface area contributed by atoms with Crippen molar-refractivity contribution >= 4 is 6.47 Å². The number of carbonyl (C=O) groups excluding carboxylic acids is 1. The van der Waals surface area contributed by atoms with Crippen LogP contribution in [0.15, 0.2) is 60.7 Å². The molecule has 3 rings (SSSR count). The lowest BCUT2D eigenvalue weighted by Crippen LogP contribution is -2.03. The van der Waals surface area contributed by atoms with Crippen LogP contribution in [-0.4, -0.2) is 26.7 Å². The maximum atomic E-state index is 10.2. The molecule has 33 heavy (non-hydrogen) atoms. The van der Waals surface area contributed by atoms with Gasteiger partial charge in [0, 0.05) is 0 Å². The third kappa shape index (κ3) is 7.34. The van der Waals surface area contributed by atoms with Crippen LogP contribution in [0.1, 0.15) is 40.3 Å². The Morgan fingerprint density at radius 2 is 1.15 bits per heavy atom. The van der Waals surface area contributed by atoms with Crippen molar-refractivity contribution in [2.75, 3.05) is 20.2 Å². The van der Waals surface area contributed by atoms with E-state index < -0.39 is 0 Å². The van der Waals surface area contributed by atoms with Crippen molar-refractivity contribution in [3.8, 4) is 11.5 Å². The van der Waals surface area contributed by atoms with E-state index in [-0.39, 0.29) is 13.6 Å². The summed E-state index contributed by atoms with van der Waals surface area (Å²) in [6.07, 6.45) is 1.70. The zero-order chi connectivity index (χ0) is 23.5. The van der Waals surface area contributed by atoms with E-state index in [1.807, 2.05) is 43.3 Å². The zero-order valence-corrected chi connectivity index (χ0v) is 19.3. The maximum Gasteiger partial charge on any atom is 0.295 e. The normalized spacial score (nSPS) is 10.6. The summed E-state index contributed by atoms with van der Waals surface area (Å²) in [6, 6.07) is 20.3. The van der Waals surface area contributed by atoms with Crippen molar-refractivity contribution in [2.45, 2.75) is 33.6 Å². The monoisotopic (exact) mass is 450 g/mol. The Morgan fingerprint density at radius 1 is 0.667 bits per heavy atom. The highest BCUT2D eigenvalue weighted by atomic mass is 17.2. The van der Waals surface area contributed by atoms with E-state index in [2.05, 4.69) is 42.8 Å². The minimum absolute atomic E-state index is 0.0668. The third-order valence-corrected chi connectivity index (χ3v) is 5.48. The summed E-state index contributed by atoms with van der Waals surface area (Å²) in [5.41, 5.74) is 7.63. The molecule has 6 nitrogen and oxygen atoms in total. The molecule has 0 bridgehead atoms. The molecule has 0 unspecified atom stereocenters. The number of hydrogen-bond acceptors (Lipinski definition) is 6. The molecule has 3 aromatic rings. The molecule has 0 aliphatic carbocycles. The molecule has 0 aromatic heterocycles. The molecule has 0 atom stereocenters. The maximum absolute atomic E-state index is 10.2. The topological polar surface area (TPSA) is 63.2 Å². The average Bonchev–Trinajstić information content (AvgIpc) is 2.84. The first kappa shape index (κ1) is 24.3. The molecular formula is C27H30O6. The minimum Gasteiger partial charge on any atom is -0.465 e. The van der Waals surface area contributed by atoms with Gasteiger partial charge in [0.15, 0.2) is 0 Å². The molecule has 0 fully saturated rings. The van der Waals surface area contributed by atoms with Crippen LogP contribution in [-0.2, 0) is 32.1 Å². The minimum atomic E-state index is -0.0826. The van der Waals surface area contributed by atoms with Gasteiger partial charge in [-0.1, -0.05) is 36.4 Å². The summed E-state index contributed by atoms with van der Waals surface area (Å²) in [7, 11) is 0. The van der Waals surface area contributed by atoms with E-state index >= 15 is 0 Å². The standard InChI is InChI=1S/C27H30O6/c1-4-32-33-19-31-27-13-7-23(8-14-27)16-25-10-9-24(20(2)21(25)3)15-22-5-11-26(12-6-22)30-18-29-17-28/h5-14,17H,4,15-16,18-19H2,1-3H3. The number of carbonyl (C=O) groups is 1. The molecule has 0 aliphatic heterocycles. The van der Waals surface area contributed by atoms with Crippen LogP contribution in [0.2, 0.25) is 0 Å². The molecule has 0 heterocycles. The van der Waals surface area contributed by atoms with Crippen molar-refractivity contribution in [1.82, 2.24) is 0 Å². The highest BCUT2D eigenvalue weighted by Crippen LogP contribution is 2.24. The smallest absolute Gasteiger partial charge is 0.295 e. The third-order valence-electron chi connectivity index (χ3n) is 5.48. The van der Waals surface area contributed by atoms with E-state index in [1.54, 1.807) is 0 Å². The van der Waals surface area contributed by atoms with Gasteiger partial charge in [0.2, 0.25) is 13.6 Å².